The Bertz CT molecular complexity index is 369. The first-order chi connectivity index (χ1) is 9.15. The molecule has 2 N–H and O–H groups in total. The minimum atomic E-state index is 0.742. The van der Waals surface area contributed by atoms with Crippen molar-refractivity contribution in [3.05, 3.63) is 24.3 Å². The van der Waals surface area contributed by atoms with Gasteiger partial charge < -0.3 is 15.4 Å². The lowest BCUT2D eigenvalue weighted by atomic mass is 9.87. The molecule has 3 heteroatoms. The van der Waals surface area contributed by atoms with E-state index in [9.17, 15) is 0 Å². The van der Waals surface area contributed by atoms with E-state index in [0.29, 0.717) is 0 Å². The Labute approximate surface area is 116 Å². The van der Waals surface area contributed by atoms with Gasteiger partial charge in [0, 0.05) is 18.3 Å². The van der Waals surface area contributed by atoms with Crippen molar-refractivity contribution in [1.29, 1.82) is 0 Å². The van der Waals surface area contributed by atoms with Crippen molar-refractivity contribution in [3.63, 3.8) is 0 Å². The van der Waals surface area contributed by atoms with Gasteiger partial charge in [-0.1, -0.05) is 6.92 Å². The quantitative estimate of drug-likeness (QED) is 0.828. The number of anilines is 1. The molecule has 0 aliphatic heterocycles. The van der Waals surface area contributed by atoms with E-state index in [2.05, 4.69) is 18.9 Å². The monoisotopic (exact) mass is 262 g/mol. The van der Waals surface area contributed by atoms with Crippen LogP contribution in [0.2, 0.25) is 0 Å². The van der Waals surface area contributed by atoms with E-state index in [1.807, 2.05) is 24.3 Å². The van der Waals surface area contributed by atoms with Crippen molar-refractivity contribution >= 4 is 5.69 Å². The topological polar surface area (TPSA) is 38.5 Å². The average Bonchev–Trinajstić information content (AvgIpc) is 2.41. The van der Waals surface area contributed by atoms with Crippen LogP contribution >= 0.6 is 0 Å². The van der Waals surface area contributed by atoms with Gasteiger partial charge in [0.2, 0.25) is 0 Å². The van der Waals surface area contributed by atoms with Crippen LogP contribution in [0.4, 0.5) is 5.69 Å². The number of rotatable bonds is 5. The van der Waals surface area contributed by atoms with Gasteiger partial charge in [0.25, 0.3) is 0 Å². The average molecular weight is 262 g/mol. The van der Waals surface area contributed by atoms with E-state index in [1.165, 1.54) is 25.7 Å². The lowest BCUT2D eigenvalue weighted by Gasteiger charge is -2.33. The number of hydrogen-bond acceptors (Lipinski definition) is 3. The van der Waals surface area contributed by atoms with Crippen molar-refractivity contribution in [2.45, 2.75) is 38.6 Å². The van der Waals surface area contributed by atoms with Gasteiger partial charge in [-0.3, -0.25) is 0 Å². The molecular weight excluding hydrogens is 236 g/mol. The van der Waals surface area contributed by atoms with Gasteiger partial charge >= 0.3 is 0 Å². The Hall–Kier alpha value is -1.22. The Balaban J connectivity index is 1.69. The second-order valence-corrected chi connectivity index (χ2v) is 5.81. The molecule has 19 heavy (non-hydrogen) atoms. The third-order valence-electron chi connectivity index (χ3n) is 4.20. The van der Waals surface area contributed by atoms with E-state index >= 15 is 0 Å². The maximum Gasteiger partial charge on any atom is 0.119 e. The smallest absolute Gasteiger partial charge is 0.119 e. The Morgan fingerprint density at radius 2 is 1.79 bits per heavy atom. The number of likely N-dealkylation sites (N-methyl/N-ethyl adjacent to an activating group) is 1. The second kappa shape index (κ2) is 6.80. The van der Waals surface area contributed by atoms with E-state index < -0.39 is 0 Å². The molecular formula is C16H26N2O. The molecule has 1 fully saturated rings. The van der Waals surface area contributed by atoms with E-state index in [-0.39, 0.29) is 0 Å². The van der Waals surface area contributed by atoms with Crippen molar-refractivity contribution in [3.8, 4) is 5.75 Å². The third kappa shape index (κ3) is 4.43. The van der Waals surface area contributed by atoms with Gasteiger partial charge in [0.15, 0.2) is 0 Å². The molecule has 1 aromatic carbocycles. The van der Waals surface area contributed by atoms with Gasteiger partial charge in [-0.15, -0.1) is 0 Å². The third-order valence-corrected chi connectivity index (χ3v) is 4.20. The van der Waals surface area contributed by atoms with Crippen molar-refractivity contribution in [2.24, 2.45) is 5.92 Å². The molecule has 0 bridgehead atoms. The first-order valence-corrected chi connectivity index (χ1v) is 7.33. The van der Waals surface area contributed by atoms with Crippen LogP contribution < -0.4 is 10.5 Å². The number of benzene rings is 1. The predicted molar refractivity (Wildman–Crippen MR) is 80.4 cm³/mol. The lowest BCUT2D eigenvalue weighted by Crippen LogP contribution is -2.37. The summed E-state index contributed by atoms with van der Waals surface area (Å²) >= 11 is 0. The summed E-state index contributed by atoms with van der Waals surface area (Å²) in [7, 11) is 2.22. The van der Waals surface area contributed by atoms with Crippen molar-refractivity contribution in [2.75, 3.05) is 25.9 Å². The summed E-state index contributed by atoms with van der Waals surface area (Å²) in [5, 5.41) is 0. The van der Waals surface area contributed by atoms with Crippen LogP contribution in [0.15, 0.2) is 24.3 Å². The van der Waals surface area contributed by atoms with E-state index in [4.69, 9.17) is 10.5 Å². The number of nitrogens with zero attached hydrogens (tertiary/aromatic N) is 1. The highest BCUT2D eigenvalue weighted by Crippen LogP contribution is 2.26. The fourth-order valence-corrected chi connectivity index (χ4v) is 2.74. The normalized spacial score (nSPS) is 23.5. The molecule has 1 saturated carbocycles. The number of nitrogen functional groups attached to an aromatic ring is 1. The van der Waals surface area contributed by atoms with Crippen LogP contribution in [-0.4, -0.2) is 31.1 Å². The molecule has 1 aliphatic rings. The summed E-state index contributed by atoms with van der Waals surface area (Å²) in [6, 6.07) is 8.35. The molecule has 0 aromatic heterocycles. The minimum Gasteiger partial charge on any atom is -0.492 e. The van der Waals surface area contributed by atoms with E-state index in [0.717, 1.165) is 36.5 Å². The van der Waals surface area contributed by atoms with Crippen LogP contribution in [0.25, 0.3) is 0 Å². The summed E-state index contributed by atoms with van der Waals surface area (Å²) in [6.45, 7) is 4.09. The highest BCUT2D eigenvalue weighted by atomic mass is 16.5. The molecule has 0 saturated heterocycles. The molecule has 0 unspecified atom stereocenters. The fourth-order valence-electron chi connectivity index (χ4n) is 2.74. The van der Waals surface area contributed by atoms with Crippen LogP contribution in [0.1, 0.15) is 32.6 Å². The number of nitrogens with two attached hydrogens (primary N) is 1. The summed E-state index contributed by atoms with van der Waals surface area (Å²) in [5.41, 5.74) is 6.43. The maximum atomic E-state index is 5.75. The van der Waals surface area contributed by atoms with Crippen molar-refractivity contribution < 1.29 is 4.74 Å². The second-order valence-electron chi connectivity index (χ2n) is 5.81. The lowest BCUT2D eigenvalue weighted by molar-refractivity contribution is 0.145. The highest BCUT2D eigenvalue weighted by molar-refractivity contribution is 5.41. The Morgan fingerprint density at radius 3 is 2.42 bits per heavy atom. The molecule has 0 radical (unpaired) electrons. The van der Waals surface area contributed by atoms with E-state index in [1.54, 1.807) is 0 Å². The molecule has 106 valence electrons. The Kier molecular flexibility index (Phi) is 5.08. The number of ether oxygens (including phenoxy) is 1. The van der Waals surface area contributed by atoms with Gasteiger partial charge in [-0.2, -0.15) is 0 Å². The molecule has 1 aliphatic carbocycles. The van der Waals surface area contributed by atoms with Crippen LogP contribution in [-0.2, 0) is 0 Å². The first kappa shape index (κ1) is 14.2. The molecule has 3 nitrogen and oxygen atoms in total. The molecule has 0 atom stereocenters. The molecule has 0 heterocycles. The summed E-state index contributed by atoms with van der Waals surface area (Å²) < 4.78 is 5.75. The van der Waals surface area contributed by atoms with Crippen LogP contribution in [0.3, 0.4) is 0 Å². The van der Waals surface area contributed by atoms with Crippen LogP contribution in [0.5, 0.6) is 5.75 Å². The standard InChI is InChI=1S/C16H26N2O/c1-13-3-7-15(8-4-13)18(2)11-12-19-16-9-5-14(17)6-10-16/h5-6,9-10,13,15H,3-4,7-8,11-12,17H2,1-2H3. The zero-order valence-corrected chi connectivity index (χ0v) is 12.1. The molecule has 0 amide bonds. The zero-order valence-electron chi connectivity index (χ0n) is 12.1. The zero-order chi connectivity index (χ0) is 13.7. The van der Waals surface area contributed by atoms with Crippen LogP contribution in [0, 0.1) is 5.92 Å². The molecule has 0 spiro atoms. The minimum absolute atomic E-state index is 0.742. The fraction of sp³-hybridized carbons (Fsp3) is 0.625. The Morgan fingerprint density at radius 1 is 1.16 bits per heavy atom. The van der Waals surface area contributed by atoms with Gasteiger partial charge in [0.05, 0.1) is 0 Å². The summed E-state index contributed by atoms with van der Waals surface area (Å²) in [6.07, 6.45) is 5.40. The SMILES string of the molecule is CC1CCC(N(C)CCOc2ccc(N)cc2)CC1. The molecule has 2 rings (SSSR count). The summed E-state index contributed by atoms with van der Waals surface area (Å²) in [4.78, 5) is 2.45. The molecule has 1 aromatic rings. The predicted octanol–water partition coefficient (Wildman–Crippen LogP) is 3.16. The number of hydrogen-bond donors (Lipinski definition) is 1. The van der Waals surface area contributed by atoms with Crippen molar-refractivity contribution in [1.82, 2.24) is 4.90 Å². The first-order valence-electron chi connectivity index (χ1n) is 7.33. The van der Waals surface area contributed by atoms with Gasteiger partial charge in [-0.25, -0.2) is 0 Å². The van der Waals surface area contributed by atoms with Gasteiger partial charge in [-0.05, 0) is 62.9 Å². The van der Waals surface area contributed by atoms with Gasteiger partial charge in [0.1, 0.15) is 12.4 Å². The largest absolute Gasteiger partial charge is 0.492 e. The summed E-state index contributed by atoms with van der Waals surface area (Å²) in [5.74, 6) is 1.82. The highest BCUT2D eigenvalue weighted by Gasteiger charge is 2.21. The maximum absolute atomic E-state index is 5.75.